The third-order valence-corrected chi connectivity index (χ3v) is 2.88. The molecule has 0 fully saturated rings. The van der Waals surface area contributed by atoms with Gasteiger partial charge in [0.1, 0.15) is 6.04 Å². The molecule has 1 rings (SSSR count). The molecule has 0 bridgehead atoms. The summed E-state index contributed by atoms with van der Waals surface area (Å²) in [6, 6.07) is 2.47. The molecule has 0 unspecified atom stereocenters. The van der Waals surface area contributed by atoms with E-state index in [0.29, 0.717) is 5.56 Å². The van der Waals surface area contributed by atoms with Crippen molar-refractivity contribution >= 4 is 23.4 Å². The van der Waals surface area contributed by atoms with Crippen molar-refractivity contribution in [2.24, 2.45) is 5.92 Å². The molecule has 2 amide bonds. The van der Waals surface area contributed by atoms with Crippen molar-refractivity contribution < 1.29 is 19.6 Å². The van der Waals surface area contributed by atoms with Crippen LogP contribution in [0, 0.1) is 23.0 Å². The van der Waals surface area contributed by atoms with E-state index < -0.39 is 23.0 Å². The number of carbonyl (C=O) groups excluding carboxylic acids is 1. The number of carboxylic acid groups (broad SMARTS) is 1. The monoisotopic (exact) mass is 295 g/mol. The molecule has 0 aliphatic carbocycles. The zero-order valence-corrected chi connectivity index (χ0v) is 11.9. The summed E-state index contributed by atoms with van der Waals surface area (Å²) in [7, 11) is 0. The molecule has 1 atom stereocenters. The fraction of sp³-hybridized carbons (Fsp3) is 0.385. The number of nitro benzene ring substituents is 1. The molecule has 8 heteroatoms. The third-order valence-electron chi connectivity index (χ3n) is 2.88. The highest BCUT2D eigenvalue weighted by Gasteiger charge is 2.23. The van der Waals surface area contributed by atoms with Crippen molar-refractivity contribution in [1.82, 2.24) is 5.32 Å². The van der Waals surface area contributed by atoms with Gasteiger partial charge in [-0.25, -0.2) is 9.59 Å². The van der Waals surface area contributed by atoms with E-state index in [1.807, 2.05) is 0 Å². The number of carbonyl (C=O) groups is 2. The van der Waals surface area contributed by atoms with Crippen LogP contribution in [0.15, 0.2) is 18.2 Å². The predicted molar refractivity (Wildman–Crippen MR) is 76.2 cm³/mol. The Morgan fingerprint density at radius 3 is 2.43 bits per heavy atom. The molecule has 21 heavy (non-hydrogen) atoms. The van der Waals surface area contributed by atoms with Gasteiger partial charge in [-0.15, -0.1) is 0 Å². The minimum absolute atomic E-state index is 0.119. The zero-order valence-electron chi connectivity index (χ0n) is 11.9. The van der Waals surface area contributed by atoms with Crippen LogP contribution in [-0.2, 0) is 4.79 Å². The van der Waals surface area contributed by atoms with Crippen LogP contribution in [0.2, 0.25) is 0 Å². The van der Waals surface area contributed by atoms with E-state index in [-0.39, 0.29) is 17.3 Å². The van der Waals surface area contributed by atoms with E-state index in [1.54, 1.807) is 20.8 Å². The number of rotatable bonds is 5. The Hall–Kier alpha value is -2.64. The maximum atomic E-state index is 11.7. The van der Waals surface area contributed by atoms with Crippen molar-refractivity contribution in [3.63, 3.8) is 0 Å². The molecule has 0 aliphatic heterocycles. The van der Waals surface area contributed by atoms with E-state index in [2.05, 4.69) is 10.6 Å². The van der Waals surface area contributed by atoms with Crippen molar-refractivity contribution in [3.05, 3.63) is 33.9 Å². The van der Waals surface area contributed by atoms with Crippen molar-refractivity contribution in [2.75, 3.05) is 5.32 Å². The van der Waals surface area contributed by atoms with Crippen molar-refractivity contribution in [1.29, 1.82) is 0 Å². The lowest BCUT2D eigenvalue weighted by Crippen LogP contribution is -2.46. The van der Waals surface area contributed by atoms with Crippen LogP contribution in [0.3, 0.4) is 0 Å². The average Bonchev–Trinajstić information content (AvgIpc) is 2.37. The Morgan fingerprint density at radius 2 is 1.95 bits per heavy atom. The average molecular weight is 295 g/mol. The Kier molecular flexibility index (Phi) is 5.23. The summed E-state index contributed by atoms with van der Waals surface area (Å²) >= 11 is 0. The van der Waals surface area contributed by atoms with Crippen LogP contribution in [0.5, 0.6) is 0 Å². The van der Waals surface area contributed by atoms with Gasteiger partial charge < -0.3 is 15.7 Å². The second-order valence-corrected chi connectivity index (χ2v) is 4.92. The van der Waals surface area contributed by atoms with Crippen LogP contribution >= 0.6 is 0 Å². The molecule has 1 aromatic rings. The maximum absolute atomic E-state index is 11.7. The fourth-order valence-corrected chi connectivity index (χ4v) is 1.71. The number of amides is 2. The van der Waals surface area contributed by atoms with E-state index in [4.69, 9.17) is 5.11 Å². The van der Waals surface area contributed by atoms with Crippen LogP contribution in [0.25, 0.3) is 0 Å². The summed E-state index contributed by atoms with van der Waals surface area (Å²) in [5, 5.41) is 24.5. The van der Waals surface area contributed by atoms with Gasteiger partial charge in [0.25, 0.3) is 5.69 Å². The summed E-state index contributed by atoms with van der Waals surface area (Å²) in [5.41, 5.74) is 0.570. The summed E-state index contributed by atoms with van der Waals surface area (Å²) in [4.78, 5) is 33.0. The summed E-state index contributed by atoms with van der Waals surface area (Å²) in [6.45, 7) is 4.91. The summed E-state index contributed by atoms with van der Waals surface area (Å²) < 4.78 is 0. The highest BCUT2D eigenvalue weighted by Crippen LogP contribution is 2.22. The highest BCUT2D eigenvalue weighted by molar-refractivity contribution is 5.92. The number of anilines is 1. The van der Waals surface area contributed by atoms with Gasteiger partial charge >= 0.3 is 12.0 Å². The number of urea groups is 1. The van der Waals surface area contributed by atoms with Crippen LogP contribution < -0.4 is 10.6 Å². The number of nitrogens with one attached hydrogen (secondary N) is 2. The first kappa shape index (κ1) is 16.4. The number of aliphatic carboxylic acids is 1. The number of aryl methyl sites for hydroxylation is 1. The number of nitrogens with zero attached hydrogens (tertiary/aromatic N) is 1. The van der Waals surface area contributed by atoms with Crippen molar-refractivity contribution in [3.8, 4) is 0 Å². The quantitative estimate of drug-likeness (QED) is 0.567. The number of benzene rings is 1. The number of nitro groups is 1. The van der Waals surface area contributed by atoms with E-state index in [9.17, 15) is 19.7 Å². The lowest BCUT2D eigenvalue weighted by Gasteiger charge is -2.18. The van der Waals surface area contributed by atoms with Gasteiger partial charge in [-0.05, 0) is 18.9 Å². The largest absolute Gasteiger partial charge is 0.480 e. The second-order valence-electron chi connectivity index (χ2n) is 4.92. The SMILES string of the molecule is Cc1ccc(NC(=O)N[C@@H](C(=O)O)C(C)C)cc1[N+](=O)[O-]. The van der Waals surface area contributed by atoms with Gasteiger partial charge in [-0.2, -0.15) is 0 Å². The zero-order chi connectivity index (χ0) is 16.2. The molecule has 3 N–H and O–H groups in total. The molecular formula is C13H17N3O5. The highest BCUT2D eigenvalue weighted by atomic mass is 16.6. The number of hydrogen-bond acceptors (Lipinski definition) is 4. The normalized spacial score (nSPS) is 11.8. The molecule has 8 nitrogen and oxygen atoms in total. The second kappa shape index (κ2) is 6.69. The van der Waals surface area contributed by atoms with E-state index in [0.717, 1.165) is 0 Å². The minimum atomic E-state index is -1.14. The first-order valence-electron chi connectivity index (χ1n) is 6.27. The molecule has 0 radical (unpaired) electrons. The number of hydrogen-bond donors (Lipinski definition) is 3. The Balaban J connectivity index is 2.82. The van der Waals surface area contributed by atoms with E-state index >= 15 is 0 Å². The minimum Gasteiger partial charge on any atom is -0.480 e. The predicted octanol–water partition coefficient (Wildman–Crippen LogP) is 2.13. The van der Waals surface area contributed by atoms with Gasteiger partial charge in [-0.1, -0.05) is 19.9 Å². The van der Waals surface area contributed by atoms with Gasteiger partial charge in [0.15, 0.2) is 0 Å². The standard InChI is InChI=1S/C13H17N3O5/c1-7(2)11(12(17)18)15-13(19)14-9-5-4-8(3)10(6-9)16(20)21/h4-7,11H,1-3H3,(H,17,18)(H2,14,15,19)/t11-/m1/s1. The van der Waals surface area contributed by atoms with Gasteiger partial charge in [0.05, 0.1) is 4.92 Å². The van der Waals surface area contributed by atoms with Crippen LogP contribution in [-0.4, -0.2) is 28.1 Å². The molecule has 0 aliphatic rings. The summed E-state index contributed by atoms with van der Waals surface area (Å²) in [6.07, 6.45) is 0. The van der Waals surface area contributed by atoms with Gasteiger partial charge in [0.2, 0.25) is 0 Å². The van der Waals surface area contributed by atoms with Crippen molar-refractivity contribution in [2.45, 2.75) is 26.8 Å². The number of carboxylic acids is 1. The third kappa shape index (κ3) is 4.44. The fourth-order valence-electron chi connectivity index (χ4n) is 1.71. The molecule has 114 valence electrons. The molecule has 0 saturated carbocycles. The molecule has 1 aromatic carbocycles. The Labute approximate surface area is 121 Å². The van der Waals surface area contributed by atoms with Gasteiger partial charge in [0, 0.05) is 17.3 Å². The lowest BCUT2D eigenvalue weighted by molar-refractivity contribution is -0.385. The maximum Gasteiger partial charge on any atom is 0.326 e. The molecular weight excluding hydrogens is 278 g/mol. The van der Waals surface area contributed by atoms with Gasteiger partial charge in [-0.3, -0.25) is 10.1 Å². The Morgan fingerprint density at radius 1 is 1.33 bits per heavy atom. The molecule has 0 saturated heterocycles. The molecule has 0 aromatic heterocycles. The van der Waals surface area contributed by atoms with Crippen LogP contribution in [0.4, 0.5) is 16.2 Å². The van der Waals surface area contributed by atoms with E-state index in [1.165, 1.54) is 18.2 Å². The summed E-state index contributed by atoms with van der Waals surface area (Å²) in [5.74, 6) is -1.43. The lowest BCUT2D eigenvalue weighted by atomic mass is 10.1. The Bertz CT molecular complexity index is 571. The topological polar surface area (TPSA) is 122 Å². The molecule has 0 heterocycles. The smallest absolute Gasteiger partial charge is 0.326 e. The van der Waals surface area contributed by atoms with Crippen LogP contribution in [0.1, 0.15) is 19.4 Å². The first-order valence-corrected chi connectivity index (χ1v) is 6.27. The first-order chi connectivity index (χ1) is 9.72. The molecule has 0 spiro atoms.